The summed E-state index contributed by atoms with van der Waals surface area (Å²) in [6, 6.07) is 11.2. The lowest BCUT2D eigenvalue weighted by Crippen LogP contribution is -2.33. The molecule has 2 heterocycles. The van der Waals surface area contributed by atoms with E-state index in [1.54, 1.807) is 0 Å². The molecule has 0 bridgehead atoms. The maximum absolute atomic E-state index is 9.66. The molecule has 19 heavy (non-hydrogen) atoms. The topological polar surface area (TPSA) is 32.7 Å². The third kappa shape index (κ3) is 2.69. The van der Waals surface area contributed by atoms with E-state index >= 15 is 0 Å². The molecule has 1 aromatic rings. The van der Waals surface area contributed by atoms with Crippen LogP contribution in [0.2, 0.25) is 0 Å². The molecule has 0 saturated carbocycles. The Morgan fingerprint density at radius 2 is 2.11 bits per heavy atom. The van der Waals surface area contributed by atoms with Crippen LogP contribution in [0.1, 0.15) is 31.7 Å². The molecule has 0 radical (unpaired) electrons. The van der Waals surface area contributed by atoms with Gasteiger partial charge in [-0.05, 0) is 12.0 Å². The quantitative estimate of drug-likeness (QED) is 0.903. The summed E-state index contributed by atoms with van der Waals surface area (Å²) in [7, 11) is 0. The first-order valence-electron chi connectivity index (χ1n) is 7.39. The van der Waals surface area contributed by atoms with Crippen LogP contribution in [0.5, 0.6) is 0 Å². The minimum Gasteiger partial charge on any atom is -0.368 e. The molecular weight excluding hydrogens is 238 g/mol. The fraction of sp³-hybridized carbons (Fsp3) is 0.625. The summed E-state index contributed by atoms with van der Waals surface area (Å²) in [6.07, 6.45) is 2.89. The summed E-state index contributed by atoms with van der Waals surface area (Å²) >= 11 is 0. The molecule has 0 aromatic heterocycles. The zero-order valence-corrected chi connectivity index (χ0v) is 11.5. The molecule has 1 N–H and O–H groups in total. The number of hydrogen-bond donors (Lipinski definition) is 1. The highest BCUT2D eigenvalue weighted by molar-refractivity contribution is 5.15. The lowest BCUT2D eigenvalue weighted by molar-refractivity contribution is -0.0926. The Hall–Kier alpha value is -0.900. The van der Waals surface area contributed by atoms with E-state index in [1.807, 2.05) is 0 Å². The van der Waals surface area contributed by atoms with E-state index in [4.69, 9.17) is 4.74 Å². The number of hydrogen-bond acceptors (Lipinski definition) is 3. The van der Waals surface area contributed by atoms with Crippen molar-refractivity contribution < 1.29 is 9.84 Å². The van der Waals surface area contributed by atoms with Crippen molar-refractivity contribution in [2.45, 2.75) is 51.2 Å². The Bertz CT molecular complexity index is 408. The second-order valence-electron chi connectivity index (χ2n) is 5.80. The van der Waals surface area contributed by atoms with Crippen molar-refractivity contribution in [3.05, 3.63) is 35.9 Å². The van der Waals surface area contributed by atoms with E-state index in [-0.39, 0.29) is 6.10 Å². The third-order valence-electron chi connectivity index (χ3n) is 4.47. The fourth-order valence-corrected chi connectivity index (χ4v) is 3.66. The highest BCUT2D eigenvalue weighted by atomic mass is 16.6. The molecule has 104 valence electrons. The average molecular weight is 261 g/mol. The molecule has 0 spiro atoms. The van der Waals surface area contributed by atoms with Crippen LogP contribution in [0.3, 0.4) is 0 Å². The van der Waals surface area contributed by atoms with E-state index in [0.29, 0.717) is 12.0 Å². The minimum atomic E-state index is -0.534. The summed E-state index contributed by atoms with van der Waals surface area (Å²) in [5.74, 6) is 0.513. The molecule has 2 fully saturated rings. The van der Waals surface area contributed by atoms with Gasteiger partial charge in [0.25, 0.3) is 0 Å². The lowest BCUT2D eigenvalue weighted by Gasteiger charge is -2.27. The largest absolute Gasteiger partial charge is 0.368 e. The van der Waals surface area contributed by atoms with Gasteiger partial charge in [0.15, 0.2) is 6.29 Å². The summed E-state index contributed by atoms with van der Waals surface area (Å²) in [4.78, 5) is 2.54. The standard InChI is InChI=1S/C16H23NO2/c1-2-6-14-13-9-16(18)19-15(13)11-17(14)10-12-7-4-3-5-8-12/h3-5,7-8,13-16,18H,2,6,9-11H2,1H3/t13-,14+,15+,16+/m1/s1. The lowest BCUT2D eigenvalue weighted by atomic mass is 9.93. The van der Waals surface area contributed by atoms with Gasteiger partial charge in [-0.1, -0.05) is 43.7 Å². The van der Waals surface area contributed by atoms with E-state index in [2.05, 4.69) is 42.2 Å². The zero-order chi connectivity index (χ0) is 13.2. The number of likely N-dealkylation sites (tertiary alicyclic amines) is 1. The second kappa shape index (κ2) is 5.61. The van der Waals surface area contributed by atoms with Gasteiger partial charge >= 0.3 is 0 Å². The van der Waals surface area contributed by atoms with E-state index < -0.39 is 6.29 Å². The highest BCUT2D eigenvalue weighted by Crippen LogP contribution is 2.39. The SMILES string of the molecule is CCC[C@H]1[C@H]2C[C@@H](O)O[C@H]2CN1Cc1ccccc1. The third-order valence-corrected chi connectivity index (χ3v) is 4.47. The highest BCUT2D eigenvalue weighted by Gasteiger charge is 2.47. The summed E-state index contributed by atoms with van der Waals surface area (Å²) < 4.78 is 5.64. The Kier molecular flexibility index (Phi) is 3.87. The van der Waals surface area contributed by atoms with Crippen LogP contribution in [-0.4, -0.2) is 35.0 Å². The molecule has 0 unspecified atom stereocenters. The Morgan fingerprint density at radius 1 is 1.32 bits per heavy atom. The van der Waals surface area contributed by atoms with Gasteiger partial charge in [-0.2, -0.15) is 0 Å². The van der Waals surface area contributed by atoms with Crippen molar-refractivity contribution in [3.8, 4) is 0 Å². The van der Waals surface area contributed by atoms with Gasteiger partial charge < -0.3 is 9.84 Å². The number of rotatable bonds is 4. The van der Waals surface area contributed by atoms with Crippen LogP contribution in [0, 0.1) is 5.92 Å². The molecule has 3 nitrogen and oxygen atoms in total. The van der Waals surface area contributed by atoms with E-state index in [9.17, 15) is 5.11 Å². The van der Waals surface area contributed by atoms with Crippen molar-refractivity contribution >= 4 is 0 Å². The van der Waals surface area contributed by atoms with Crippen LogP contribution < -0.4 is 0 Å². The maximum atomic E-state index is 9.66. The van der Waals surface area contributed by atoms with Gasteiger partial charge in [0, 0.05) is 31.5 Å². The average Bonchev–Trinajstić information content (AvgIpc) is 2.90. The van der Waals surface area contributed by atoms with E-state index in [1.165, 1.54) is 18.4 Å². The van der Waals surface area contributed by atoms with Gasteiger partial charge in [-0.15, -0.1) is 0 Å². The van der Waals surface area contributed by atoms with Crippen molar-refractivity contribution in [1.29, 1.82) is 0 Å². The van der Waals surface area contributed by atoms with Gasteiger partial charge in [0.05, 0.1) is 6.10 Å². The molecule has 3 rings (SSSR count). The predicted molar refractivity (Wildman–Crippen MR) is 74.5 cm³/mol. The first-order chi connectivity index (χ1) is 9.28. The Morgan fingerprint density at radius 3 is 2.84 bits per heavy atom. The van der Waals surface area contributed by atoms with Crippen molar-refractivity contribution in [2.24, 2.45) is 5.92 Å². The smallest absolute Gasteiger partial charge is 0.155 e. The Balaban J connectivity index is 1.71. The van der Waals surface area contributed by atoms with Crippen molar-refractivity contribution in [3.63, 3.8) is 0 Å². The number of aliphatic hydroxyl groups is 1. The van der Waals surface area contributed by atoms with Crippen LogP contribution in [0.15, 0.2) is 30.3 Å². The summed E-state index contributed by atoms with van der Waals surface area (Å²) in [5.41, 5.74) is 1.36. The predicted octanol–water partition coefficient (Wildman–Crippen LogP) is 2.39. The number of benzene rings is 1. The fourth-order valence-electron chi connectivity index (χ4n) is 3.66. The first kappa shape index (κ1) is 13.1. The number of nitrogens with zero attached hydrogens (tertiary/aromatic N) is 1. The van der Waals surface area contributed by atoms with Crippen molar-refractivity contribution in [2.75, 3.05) is 6.54 Å². The molecule has 0 aliphatic carbocycles. The molecule has 2 aliphatic heterocycles. The van der Waals surface area contributed by atoms with Gasteiger partial charge in [-0.3, -0.25) is 4.90 Å². The molecule has 4 atom stereocenters. The first-order valence-corrected chi connectivity index (χ1v) is 7.39. The molecule has 2 saturated heterocycles. The molecule has 0 amide bonds. The summed E-state index contributed by atoms with van der Waals surface area (Å²) in [6.45, 7) is 4.19. The van der Waals surface area contributed by atoms with E-state index in [0.717, 1.165) is 19.5 Å². The molecule has 1 aromatic carbocycles. The van der Waals surface area contributed by atoms with Gasteiger partial charge in [0.1, 0.15) is 0 Å². The van der Waals surface area contributed by atoms with Crippen LogP contribution >= 0.6 is 0 Å². The van der Waals surface area contributed by atoms with Crippen molar-refractivity contribution in [1.82, 2.24) is 4.90 Å². The zero-order valence-electron chi connectivity index (χ0n) is 11.5. The maximum Gasteiger partial charge on any atom is 0.155 e. The van der Waals surface area contributed by atoms with Gasteiger partial charge in [0.2, 0.25) is 0 Å². The molecule has 3 heteroatoms. The van der Waals surface area contributed by atoms with Crippen LogP contribution in [0.4, 0.5) is 0 Å². The van der Waals surface area contributed by atoms with Crippen LogP contribution in [-0.2, 0) is 11.3 Å². The van der Waals surface area contributed by atoms with Gasteiger partial charge in [-0.25, -0.2) is 0 Å². The monoisotopic (exact) mass is 261 g/mol. The number of aliphatic hydroxyl groups excluding tert-OH is 1. The number of fused-ring (bicyclic) bond motifs is 1. The minimum absolute atomic E-state index is 0.232. The number of ether oxygens (including phenoxy) is 1. The van der Waals surface area contributed by atoms with Crippen LogP contribution in [0.25, 0.3) is 0 Å². The molecule has 2 aliphatic rings. The summed E-state index contributed by atoms with van der Waals surface area (Å²) in [5, 5.41) is 9.66. The molecular formula is C16H23NO2. The Labute approximate surface area is 115 Å². The normalized spacial score (nSPS) is 34.6. The second-order valence-corrected chi connectivity index (χ2v) is 5.80.